The van der Waals surface area contributed by atoms with Crippen molar-refractivity contribution in [3.05, 3.63) is 53.1 Å². The molecule has 1 aromatic carbocycles. The summed E-state index contributed by atoms with van der Waals surface area (Å²) in [6.07, 6.45) is 4.94. The summed E-state index contributed by atoms with van der Waals surface area (Å²) < 4.78 is 5.15. The summed E-state index contributed by atoms with van der Waals surface area (Å²) >= 11 is 0. The Morgan fingerprint density at radius 2 is 1.79 bits per heavy atom. The maximum absolute atomic E-state index is 5.15. The van der Waals surface area contributed by atoms with Gasteiger partial charge in [0, 0.05) is 6.20 Å². The molecule has 2 rings (SSSR count). The van der Waals surface area contributed by atoms with E-state index in [1.165, 1.54) is 5.56 Å². The summed E-state index contributed by atoms with van der Waals surface area (Å²) in [7, 11) is 1.69. The van der Waals surface area contributed by atoms with Crippen LogP contribution in [0.5, 0.6) is 5.75 Å². The van der Waals surface area contributed by atoms with Crippen molar-refractivity contribution < 1.29 is 4.74 Å². The zero-order valence-corrected chi connectivity index (χ0v) is 11.8. The number of hydrogen-bond donors (Lipinski definition) is 0. The molecule has 100 valence electrons. The fraction of sp³-hybridized carbons (Fsp3) is 0.375. The van der Waals surface area contributed by atoms with Crippen molar-refractivity contribution in [3.8, 4) is 5.75 Å². The number of aromatic nitrogens is 2. The van der Waals surface area contributed by atoms with Gasteiger partial charge in [0.15, 0.2) is 0 Å². The van der Waals surface area contributed by atoms with Crippen molar-refractivity contribution in [2.24, 2.45) is 0 Å². The van der Waals surface area contributed by atoms with Crippen LogP contribution in [0.4, 0.5) is 0 Å². The van der Waals surface area contributed by atoms with Gasteiger partial charge in [-0.2, -0.15) is 0 Å². The Morgan fingerprint density at radius 3 is 2.47 bits per heavy atom. The third kappa shape index (κ3) is 3.78. The molecule has 19 heavy (non-hydrogen) atoms. The molecule has 0 fully saturated rings. The van der Waals surface area contributed by atoms with Gasteiger partial charge in [0.25, 0.3) is 0 Å². The van der Waals surface area contributed by atoms with Crippen LogP contribution in [-0.2, 0) is 12.8 Å². The summed E-state index contributed by atoms with van der Waals surface area (Å²) in [4.78, 5) is 8.90. The first-order chi connectivity index (χ1) is 9.19. The molecule has 3 heteroatoms. The van der Waals surface area contributed by atoms with Crippen LogP contribution in [0.2, 0.25) is 0 Å². The highest BCUT2D eigenvalue weighted by Crippen LogP contribution is 2.14. The minimum absolute atomic E-state index is 0.907. The molecule has 0 saturated heterocycles. The molecule has 1 aromatic heterocycles. The van der Waals surface area contributed by atoms with Gasteiger partial charge >= 0.3 is 0 Å². The summed E-state index contributed by atoms with van der Waals surface area (Å²) in [5.74, 6) is 0.907. The van der Waals surface area contributed by atoms with Crippen molar-refractivity contribution >= 4 is 0 Å². The Morgan fingerprint density at radius 1 is 1.05 bits per heavy atom. The molecule has 0 unspecified atom stereocenters. The summed E-state index contributed by atoms with van der Waals surface area (Å²) in [5.41, 5.74) is 4.48. The zero-order chi connectivity index (χ0) is 13.7. The zero-order valence-electron chi connectivity index (χ0n) is 11.8. The lowest BCUT2D eigenvalue weighted by atomic mass is 10.1. The number of nitrogens with zero attached hydrogens (tertiary/aromatic N) is 2. The smallest absolute Gasteiger partial charge is 0.118 e. The van der Waals surface area contributed by atoms with E-state index in [-0.39, 0.29) is 0 Å². The molecule has 3 nitrogen and oxygen atoms in total. The minimum Gasteiger partial charge on any atom is -0.497 e. The molecule has 0 aliphatic carbocycles. The van der Waals surface area contributed by atoms with Crippen LogP contribution in [0, 0.1) is 13.8 Å². The molecule has 0 aliphatic rings. The third-order valence-electron chi connectivity index (χ3n) is 3.21. The average molecular weight is 256 g/mol. The van der Waals surface area contributed by atoms with Gasteiger partial charge < -0.3 is 4.74 Å². The average Bonchev–Trinajstić information content (AvgIpc) is 2.43. The van der Waals surface area contributed by atoms with Crippen LogP contribution in [-0.4, -0.2) is 17.1 Å². The Labute approximate surface area is 114 Å². The standard InChI is InChI=1S/C16H20N2O/c1-12-11-17-13(2)16(18-12)6-4-5-14-7-9-15(19-3)10-8-14/h7-11H,4-6H2,1-3H3. The fourth-order valence-corrected chi connectivity index (χ4v) is 2.08. The van der Waals surface area contributed by atoms with Gasteiger partial charge in [-0.25, -0.2) is 0 Å². The SMILES string of the molecule is COc1ccc(CCCc2nc(C)cnc2C)cc1. The van der Waals surface area contributed by atoms with Crippen LogP contribution >= 0.6 is 0 Å². The highest BCUT2D eigenvalue weighted by atomic mass is 16.5. The minimum atomic E-state index is 0.907. The van der Waals surface area contributed by atoms with E-state index in [2.05, 4.69) is 22.1 Å². The van der Waals surface area contributed by atoms with Crippen molar-refractivity contribution in [3.63, 3.8) is 0 Å². The first-order valence-electron chi connectivity index (χ1n) is 6.61. The number of hydrogen-bond acceptors (Lipinski definition) is 3. The Hall–Kier alpha value is -1.90. The van der Waals surface area contributed by atoms with Crippen molar-refractivity contribution in [1.29, 1.82) is 0 Å². The maximum Gasteiger partial charge on any atom is 0.118 e. The number of methoxy groups -OCH3 is 1. The number of benzene rings is 1. The molecule has 0 bridgehead atoms. The monoisotopic (exact) mass is 256 g/mol. The summed E-state index contributed by atoms with van der Waals surface area (Å²) in [6.45, 7) is 4.01. The lowest BCUT2D eigenvalue weighted by Gasteiger charge is -2.06. The lowest BCUT2D eigenvalue weighted by molar-refractivity contribution is 0.414. The van der Waals surface area contributed by atoms with Gasteiger partial charge in [0.1, 0.15) is 5.75 Å². The van der Waals surface area contributed by atoms with E-state index >= 15 is 0 Å². The highest BCUT2D eigenvalue weighted by molar-refractivity contribution is 5.27. The number of aryl methyl sites for hydroxylation is 4. The second-order valence-corrected chi connectivity index (χ2v) is 4.75. The maximum atomic E-state index is 5.15. The summed E-state index contributed by atoms with van der Waals surface area (Å²) in [5, 5.41) is 0. The van der Waals surface area contributed by atoms with Gasteiger partial charge in [-0.1, -0.05) is 12.1 Å². The number of rotatable bonds is 5. The first kappa shape index (κ1) is 13.5. The lowest BCUT2D eigenvalue weighted by Crippen LogP contribution is -2.00. The van der Waals surface area contributed by atoms with Crippen LogP contribution in [0.3, 0.4) is 0 Å². The van der Waals surface area contributed by atoms with Gasteiger partial charge in [0.2, 0.25) is 0 Å². The van der Waals surface area contributed by atoms with Crippen molar-refractivity contribution in [2.75, 3.05) is 7.11 Å². The van der Waals surface area contributed by atoms with E-state index in [9.17, 15) is 0 Å². The van der Waals surface area contributed by atoms with Gasteiger partial charge in [-0.05, 0) is 50.8 Å². The Kier molecular flexibility index (Phi) is 4.50. The van der Waals surface area contributed by atoms with Crippen LogP contribution in [0.15, 0.2) is 30.5 Å². The normalized spacial score (nSPS) is 10.5. The van der Waals surface area contributed by atoms with Crippen LogP contribution in [0.1, 0.15) is 29.1 Å². The second-order valence-electron chi connectivity index (χ2n) is 4.75. The molecule has 0 aliphatic heterocycles. The summed E-state index contributed by atoms with van der Waals surface area (Å²) in [6, 6.07) is 8.25. The van der Waals surface area contributed by atoms with E-state index in [1.807, 2.05) is 32.2 Å². The Bertz CT molecular complexity index is 535. The fourth-order valence-electron chi connectivity index (χ4n) is 2.08. The van der Waals surface area contributed by atoms with Gasteiger partial charge in [-0.15, -0.1) is 0 Å². The van der Waals surface area contributed by atoms with Gasteiger partial charge in [-0.3, -0.25) is 9.97 Å². The van der Waals surface area contributed by atoms with Crippen LogP contribution < -0.4 is 4.74 Å². The van der Waals surface area contributed by atoms with Crippen molar-refractivity contribution in [1.82, 2.24) is 9.97 Å². The molecule has 0 atom stereocenters. The third-order valence-corrected chi connectivity index (χ3v) is 3.21. The Balaban J connectivity index is 1.90. The molecular weight excluding hydrogens is 236 g/mol. The van der Waals surface area contributed by atoms with E-state index in [4.69, 9.17) is 4.74 Å². The largest absolute Gasteiger partial charge is 0.497 e. The van der Waals surface area contributed by atoms with E-state index < -0.39 is 0 Å². The predicted molar refractivity (Wildman–Crippen MR) is 76.5 cm³/mol. The molecule has 1 heterocycles. The van der Waals surface area contributed by atoms with Crippen LogP contribution in [0.25, 0.3) is 0 Å². The molecular formula is C16H20N2O. The first-order valence-corrected chi connectivity index (χ1v) is 6.61. The van der Waals surface area contributed by atoms with E-state index in [0.717, 1.165) is 42.1 Å². The molecule has 0 radical (unpaired) electrons. The predicted octanol–water partition coefficient (Wildman–Crippen LogP) is 3.28. The molecule has 0 spiro atoms. The quantitative estimate of drug-likeness (QED) is 0.823. The molecule has 2 aromatic rings. The van der Waals surface area contributed by atoms with Gasteiger partial charge in [0.05, 0.1) is 24.2 Å². The molecule has 0 saturated carbocycles. The van der Waals surface area contributed by atoms with Crippen molar-refractivity contribution in [2.45, 2.75) is 33.1 Å². The highest BCUT2D eigenvalue weighted by Gasteiger charge is 2.02. The topological polar surface area (TPSA) is 35.0 Å². The second kappa shape index (κ2) is 6.32. The van der Waals surface area contributed by atoms with E-state index in [0.29, 0.717) is 0 Å². The number of ether oxygens (including phenoxy) is 1. The molecule has 0 N–H and O–H groups in total. The van der Waals surface area contributed by atoms with E-state index in [1.54, 1.807) is 7.11 Å². The molecule has 0 amide bonds.